The number of hydrogen-bond acceptors (Lipinski definition) is 6. The Morgan fingerprint density at radius 3 is 2.47 bits per heavy atom. The lowest BCUT2D eigenvalue weighted by Crippen LogP contribution is -2.32. The minimum absolute atomic E-state index is 0.0207. The molecule has 1 saturated heterocycles. The number of nitrogens with zero attached hydrogens (tertiary/aromatic N) is 3. The molecule has 32 heavy (non-hydrogen) atoms. The van der Waals surface area contributed by atoms with Crippen molar-refractivity contribution in [3.63, 3.8) is 0 Å². The normalized spacial score (nSPS) is 18.1. The van der Waals surface area contributed by atoms with Crippen LogP contribution in [0.25, 0.3) is 5.76 Å². The lowest BCUT2D eigenvalue weighted by Gasteiger charge is -2.25. The first-order chi connectivity index (χ1) is 15.2. The summed E-state index contributed by atoms with van der Waals surface area (Å²) in [5, 5.41) is 11.2. The Hall–Kier alpha value is -3.19. The average molecular weight is 438 g/mol. The Morgan fingerprint density at radius 1 is 1.19 bits per heavy atom. The number of benzene rings is 1. The van der Waals surface area contributed by atoms with Gasteiger partial charge in [0.05, 0.1) is 17.7 Å². The number of pyridine rings is 1. The molecule has 170 valence electrons. The molecule has 0 bridgehead atoms. The zero-order valence-corrected chi connectivity index (χ0v) is 19.3. The fraction of sp³-hybridized carbons (Fsp3) is 0.400. The smallest absolute Gasteiger partial charge is 0.295 e. The zero-order valence-electron chi connectivity index (χ0n) is 19.3. The first-order valence-corrected chi connectivity index (χ1v) is 10.8. The summed E-state index contributed by atoms with van der Waals surface area (Å²) in [5.41, 5.74) is 2.15. The lowest BCUT2D eigenvalue weighted by atomic mass is 9.95. The molecule has 1 aromatic heterocycles. The van der Waals surface area contributed by atoms with Gasteiger partial charge in [0, 0.05) is 24.5 Å². The van der Waals surface area contributed by atoms with Gasteiger partial charge >= 0.3 is 0 Å². The third kappa shape index (κ3) is 4.99. The zero-order chi connectivity index (χ0) is 23.4. The van der Waals surface area contributed by atoms with E-state index in [0.29, 0.717) is 24.3 Å². The molecule has 2 aromatic rings. The van der Waals surface area contributed by atoms with Gasteiger partial charge in [-0.2, -0.15) is 0 Å². The molecule has 1 N–H and O–H groups in total. The minimum atomic E-state index is -0.672. The summed E-state index contributed by atoms with van der Waals surface area (Å²) < 4.78 is 5.78. The summed E-state index contributed by atoms with van der Waals surface area (Å²) >= 11 is 0. The fourth-order valence-electron chi connectivity index (χ4n) is 3.90. The number of amides is 1. The van der Waals surface area contributed by atoms with E-state index in [4.69, 9.17) is 4.74 Å². The van der Waals surface area contributed by atoms with E-state index >= 15 is 0 Å². The Morgan fingerprint density at radius 2 is 1.88 bits per heavy atom. The largest absolute Gasteiger partial charge is 0.507 e. The van der Waals surface area contributed by atoms with Crippen LogP contribution in [-0.2, 0) is 9.59 Å². The molecule has 0 unspecified atom stereocenters. The van der Waals surface area contributed by atoms with Crippen molar-refractivity contribution >= 4 is 17.4 Å². The summed E-state index contributed by atoms with van der Waals surface area (Å²) in [7, 11) is 3.92. The third-order valence-electron chi connectivity index (χ3n) is 5.38. The topological polar surface area (TPSA) is 83.0 Å². The molecule has 1 amide bonds. The Kier molecular flexibility index (Phi) is 7.30. The number of ether oxygens (including phenoxy) is 1. The summed E-state index contributed by atoms with van der Waals surface area (Å²) in [6, 6.07) is 8.14. The fourth-order valence-corrected chi connectivity index (χ4v) is 3.90. The molecule has 1 aromatic carbocycles. The van der Waals surface area contributed by atoms with Crippen molar-refractivity contribution in [3.8, 4) is 5.75 Å². The summed E-state index contributed by atoms with van der Waals surface area (Å²) in [6.07, 6.45) is 3.98. The Labute approximate surface area is 189 Å². The van der Waals surface area contributed by atoms with Gasteiger partial charge in [-0.1, -0.05) is 0 Å². The summed E-state index contributed by atoms with van der Waals surface area (Å²) in [6.45, 7) is 6.96. The van der Waals surface area contributed by atoms with Crippen molar-refractivity contribution in [1.29, 1.82) is 0 Å². The standard InChI is InChI=1S/C25H31N3O4/c1-16(2)32-20-8-7-19(15-17(20)3)23(29)21-22(18-9-11-26-12-10-18)28(25(31)24(21)30)14-6-13-27(4)5/h7-12,15-16,22,29H,6,13-14H2,1-5H3/t22-/m1/s1. The van der Waals surface area contributed by atoms with E-state index in [1.165, 1.54) is 0 Å². The number of rotatable bonds is 8. The van der Waals surface area contributed by atoms with E-state index in [1.54, 1.807) is 47.6 Å². The van der Waals surface area contributed by atoms with Crippen LogP contribution in [0, 0.1) is 6.92 Å². The van der Waals surface area contributed by atoms with Crippen LogP contribution in [0.3, 0.4) is 0 Å². The van der Waals surface area contributed by atoms with Gasteiger partial charge in [0.1, 0.15) is 11.5 Å². The maximum Gasteiger partial charge on any atom is 0.295 e. The summed E-state index contributed by atoms with van der Waals surface area (Å²) in [4.78, 5) is 33.6. The van der Waals surface area contributed by atoms with Gasteiger partial charge in [0.2, 0.25) is 0 Å². The monoisotopic (exact) mass is 437 g/mol. The predicted octanol–water partition coefficient (Wildman–Crippen LogP) is 3.55. The van der Waals surface area contributed by atoms with E-state index < -0.39 is 17.7 Å². The predicted molar refractivity (Wildman–Crippen MR) is 123 cm³/mol. The first kappa shape index (κ1) is 23.5. The second kappa shape index (κ2) is 9.96. The number of carbonyl (C=O) groups excluding carboxylic acids is 2. The van der Waals surface area contributed by atoms with Gasteiger partial charge in [0.25, 0.3) is 11.7 Å². The van der Waals surface area contributed by atoms with Gasteiger partial charge in [-0.05, 0) is 89.3 Å². The van der Waals surface area contributed by atoms with Crippen molar-refractivity contribution < 1.29 is 19.4 Å². The van der Waals surface area contributed by atoms with Gasteiger partial charge in [-0.25, -0.2) is 0 Å². The van der Waals surface area contributed by atoms with Gasteiger partial charge in [0.15, 0.2) is 0 Å². The maximum atomic E-state index is 13.0. The molecular formula is C25H31N3O4. The third-order valence-corrected chi connectivity index (χ3v) is 5.38. The molecule has 1 aliphatic rings. The first-order valence-electron chi connectivity index (χ1n) is 10.8. The molecule has 2 heterocycles. The molecule has 7 heteroatoms. The number of aliphatic hydroxyl groups excluding tert-OH is 1. The highest BCUT2D eigenvalue weighted by atomic mass is 16.5. The molecular weight excluding hydrogens is 406 g/mol. The van der Waals surface area contributed by atoms with E-state index in [0.717, 1.165) is 17.7 Å². The molecule has 0 saturated carbocycles. The van der Waals surface area contributed by atoms with Crippen LogP contribution in [0.15, 0.2) is 48.3 Å². The summed E-state index contributed by atoms with van der Waals surface area (Å²) in [5.74, 6) is -0.733. The van der Waals surface area contributed by atoms with Crippen molar-refractivity contribution in [1.82, 2.24) is 14.8 Å². The second-order valence-corrected chi connectivity index (χ2v) is 8.58. The highest BCUT2D eigenvalue weighted by molar-refractivity contribution is 6.46. The second-order valence-electron chi connectivity index (χ2n) is 8.58. The number of aliphatic hydroxyl groups is 1. The number of carbonyl (C=O) groups is 2. The van der Waals surface area contributed by atoms with Crippen LogP contribution in [0.5, 0.6) is 5.75 Å². The van der Waals surface area contributed by atoms with Gasteiger partial charge in [-0.3, -0.25) is 14.6 Å². The molecule has 1 atom stereocenters. The van der Waals surface area contributed by atoms with Crippen LogP contribution in [0.1, 0.15) is 43.0 Å². The van der Waals surface area contributed by atoms with Crippen LogP contribution < -0.4 is 4.74 Å². The molecule has 1 aliphatic heterocycles. The quantitative estimate of drug-likeness (QED) is 0.386. The van der Waals surface area contributed by atoms with Crippen LogP contribution in [0.4, 0.5) is 0 Å². The minimum Gasteiger partial charge on any atom is -0.507 e. The van der Waals surface area contributed by atoms with Crippen LogP contribution >= 0.6 is 0 Å². The number of Topliss-reactive ketones (excluding diaryl/α,β-unsaturated/α-hetero) is 1. The van der Waals surface area contributed by atoms with E-state index in [9.17, 15) is 14.7 Å². The van der Waals surface area contributed by atoms with Gasteiger partial charge in [-0.15, -0.1) is 0 Å². The Bertz CT molecular complexity index is 1020. The SMILES string of the molecule is Cc1cc(C(O)=C2C(=O)C(=O)N(CCCN(C)C)[C@@H]2c2ccncc2)ccc1OC(C)C. The van der Waals surface area contributed by atoms with E-state index in [1.807, 2.05) is 39.8 Å². The van der Waals surface area contributed by atoms with Crippen molar-refractivity contribution in [2.45, 2.75) is 39.3 Å². The van der Waals surface area contributed by atoms with Crippen LogP contribution in [-0.4, -0.2) is 64.9 Å². The van der Waals surface area contributed by atoms with Crippen LogP contribution in [0.2, 0.25) is 0 Å². The van der Waals surface area contributed by atoms with E-state index in [-0.39, 0.29) is 17.4 Å². The number of ketones is 1. The highest BCUT2D eigenvalue weighted by Crippen LogP contribution is 2.39. The molecule has 3 rings (SSSR count). The van der Waals surface area contributed by atoms with Crippen molar-refractivity contribution in [2.75, 3.05) is 27.2 Å². The number of hydrogen-bond donors (Lipinski definition) is 1. The maximum absolute atomic E-state index is 13.0. The number of aryl methyl sites for hydroxylation is 1. The van der Waals surface area contributed by atoms with Crippen molar-refractivity contribution in [3.05, 3.63) is 65.0 Å². The molecule has 0 spiro atoms. The highest BCUT2D eigenvalue weighted by Gasteiger charge is 2.45. The molecule has 0 radical (unpaired) electrons. The Balaban J connectivity index is 2.05. The lowest BCUT2D eigenvalue weighted by molar-refractivity contribution is -0.139. The number of likely N-dealkylation sites (tertiary alicyclic amines) is 1. The molecule has 1 fully saturated rings. The average Bonchev–Trinajstić information content (AvgIpc) is 2.99. The van der Waals surface area contributed by atoms with E-state index in [2.05, 4.69) is 4.98 Å². The van der Waals surface area contributed by atoms with Crippen molar-refractivity contribution in [2.24, 2.45) is 0 Å². The molecule has 7 nitrogen and oxygen atoms in total. The number of aromatic nitrogens is 1. The van der Waals surface area contributed by atoms with Gasteiger partial charge < -0.3 is 19.6 Å². The molecule has 0 aliphatic carbocycles.